The molecule has 4 heteroatoms. The number of hydrogen-bond donors (Lipinski definition) is 0. The van der Waals surface area contributed by atoms with E-state index in [4.69, 9.17) is 9.47 Å². The molecule has 0 N–H and O–H groups in total. The number of aromatic nitrogens is 2. The van der Waals surface area contributed by atoms with Gasteiger partial charge in [0.25, 0.3) is 0 Å². The number of rotatable bonds is 15. The highest BCUT2D eigenvalue weighted by molar-refractivity contribution is 5.29. The zero-order valence-corrected chi connectivity index (χ0v) is 20.0. The van der Waals surface area contributed by atoms with Crippen LogP contribution in [0.4, 0.5) is 0 Å². The molecule has 1 fully saturated rings. The van der Waals surface area contributed by atoms with Gasteiger partial charge in [-0.05, 0) is 42.9 Å². The molecule has 3 rings (SSSR count). The van der Waals surface area contributed by atoms with Crippen molar-refractivity contribution in [2.75, 3.05) is 13.2 Å². The summed E-state index contributed by atoms with van der Waals surface area (Å²) in [5.74, 6) is 3.06. The zero-order valence-electron chi connectivity index (χ0n) is 20.0. The first-order valence-corrected chi connectivity index (χ1v) is 13.0. The molecular formula is C28H42N2O2. The number of unbranched alkanes of at least 4 members (excludes halogenated alkanes) is 4. The molecule has 0 aliphatic heterocycles. The first-order chi connectivity index (χ1) is 15.8. The summed E-state index contributed by atoms with van der Waals surface area (Å²) in [6, 6.07) is 8.68. The number of benzene rings is 1. The first kappa shape index (κ1) is 24.5. The highest BCUT2D eigenvalue weighted by Gasteiger charge is 2.14. The van der Waals surface area contributed by atoms with E-state index in [1.807, 2.05) is 0 Å². The van der Waals surface area contributed by atoms with Gasteiger partial charge in [-0.25, -0.2) is 9.97 Å². The van der Waals surface area contributed by atoms with Crippen LogP contribution in [-0.2, 0) is 0 Å². The van der Waals surface area contributed by atoms with Gasteiger partial charge in [-0.15, -0.1) is 0 Å². The monoisotopic (exact) mass is 438 g/mol. The maximum Gasteiger partial charge on any atom is 0.155 e. The molecule has 1 unspecified atom stereocenters. The second kappa shape index (κ2) is 14.9. The highest BCUT2D eigenvalue weighted by Crippen LogP contribution is 2.28. The van der Waals surface area contributed by atoms with E-state index in [9.17, 15) is 0 Å². The Bertz CT molecular complexity index is 714. The van der Waals surface area contributed by atoms with Gasteiger partial charge in [-0.3, -0.25) is 0 Å². The van der Waals surface area contributed by atoms with Crippen molar-refractivity contribution in [1.29, 1.82) is 0 Å². The van der Waals surface area contributed by atoms with Gasteiger partial charge in [0, 0.05) is 5.92 Å². The molecule has 1 aliphatic rings. The van der Waals surface area contributed by atoms with Crippen molar-refractivity contribution in [1.82, 2.24) is 9.97 Å². The molecule has 2 aromatic rings. The van der Waals surface area contributed by atoms with Gasteiger partial charge in [0.15, 0.2) is 5.75 Å². The molecule has 32 heavy (non-hydrogen) atoms. The molecule has 0 bridgehead atoms. The highest BCUT2D eigenvalue weighted by atomic mass is 16.5. The smallest absolute Gasteiger partial charge is 0.155 e. The van der Waals surface area contributed by atoms with Crippen LogP contribution >= 0.6 is 0 Å². The molecule has 176 valence electrons. The molecule has 0 amide bonds. The van der Waals surface area contributed by atoms with E-state index < -0.39 is 0 Å². The van der Waals surface area contributed by atoms with Crippen LogP contribution in [0, 0.1) is 5.92 Å². The third kappa shape index (κ3) is 9.18. The Morgan fingerprint density at radius 1 is 0.844 bits per heavy atom. The molecule has 1 aliphatic carbocycles. The maximum atomic E-state index is 6.02. The van der Waals surface area contributed by atoms with E-state index in [2.05, 4.69) is 41.2 Å². The van der Waals surface area contributed by atoms with E-state index in [1.54, 1.807) is 12.4 Å². The number of hydrogen-bond acceptors (Lipinski definition) is 4. The predicted molar refractivity (Wildman–Crippen MR) is 131 cm³/mol. The summed E-state index contributed by atoms with van der Waals surface area (Å²) in [5, 5.41) is 0. The van der Waals surface area contributed by atoms with Crippen LogP contribution in [0.15, 0.2) is 43.0 Å². The largest absolute Gasteiger partial charge is 0.494 e. The normalized spacial score (nSPS) is 15.4. The zero-order chi connectivity index (χ0) is 22.3. The summed E-state index contributed by atoms with van der Waals surface area (Å²) in [6.07, 6.45) is 22.3. The SMILES string of the molecule is CCCCCCC(COc1cncnc1)c1ccc(OCCCCC2CCCCC2)cc1. The quantitative estimate of drug-likeness (QED) is 0.267. The molecule has 1 aromatic carbocycles. The summed E-state index contributed by atoms with van der Waals surface area (Å²) < 4.78 is 12.0. The molecule has 1 aromatic heterocycles. The van der Waals surface area contributed by atoms with Crippen LogP contribution in [0.25, 0.3) is 0 Å². The van der Waals surface area contributed by atoms with Gasteiger partial charge in [0.05, 0.1) is 25.6 Å². The Hall–Kier alpha value is -2.10. The van der Waals surface area contributed by atoms with Crippen molar-refractivity contribution in [3.63, 3.8) is 0 Å². The van der Waals surface area contributed by atoms with Crippen LogP contribution in [0.5, 0.6) is 11.5 Å². The third-order valence-corrected chi connectivity index (χ3v) is 6.75. The standard InChI is InChI=1S/C28H42N2O2/c1-2-3-4-8-14-26(22-32-28-20-29-23-30-21-28)25-15-17-27(18-16-25)31-19-10-9-13-24-11-6-5-7-12-24/h15-18,20-21,23-24,26H,2-14,19,22H2,1H3. The van der Waals surface area contributed by atoms with Crippen molar-refractivity contribution in [3.8, 4) is 11.5 Å². The minimum atomic E-state index is 0.372. The van der Waals surface area contributed by atoms with Crippen molar-refractivity contribution in [2.24, 2.45) is 5.92 Å². The van der Waals surface area contributed by atoms with Gasteiger partial charge in [0.2, 0.25) is 0 Å². The summed E-state index contributed by atoms with van der Waals surface area (Å²) >= 11 is 0. The second-order valence-electron chi connectivity index (χ2n) is 9.35. The van der Waals surface area contributed by atoms with Crippen LogP contribution in [0.3, 0.4) is 0 Å². The summed E-state index contributed by atoms with van der Waals surface area (Å²) in [6.45, 7) is 3.73. The molecule has 1 atom stereocenters. The van der Waals surface area contributed by atoms with Crippen LogP contribution in [-0.4, -0.2) is 23.2 Å². The number of nitrogens with zero attached hydrogens (tertiary/aromatic N) is 2. The van der Waals surface area contributed by atoms with Gasteiger partial charge >= 0.3 is 0 Å². The van der Waals surface area contributed by atoms with Gasteiger partial charge in [0.1, 0.15) is 12.1 Å². The first-order valence-electron chi connectivity index (χ1n) is 13.0. The van der Waals surface area contributed by atoms with Gasteiger partial charge in [-0.1, -0.05) is 83.3 Å². The fourth-order valence-corrected chi connectivity index (χ4v) is 4.76. The molecule has 0 spiro atoms. The van der Waals surface area contributed by atoms with Gasteiger partial charge in [-0.2, -0.15) is 0 Å². The van der Waals surface area contributed by atoms with Crippen molar-refractivity contribution in [2.45, 2.75) is 96.3 Å². The molecule has 1 saturated carbocycles. The lowest BCUT2D eigenvalue weighted by Crippen LogP contribution is -2.11. The Morgan fingerprint density at radius 2 is 1.62 bits per heavy atom. The maximum absolute atomic E-state index is 6.02. The second-order valence-corrected chi connectivity index (χ2v) is 9.35. The van der Waals surface area contributed by atoms with E-state index in [0.717, 1.165) is 36.9 Å². The average molecular weight is 439 g/mol. The lowest BCUT2D eigenvalue weighted by Gasteiger charge is -2.21. The van der Waals surface area contributed by atoms with E-state index in [0.29, 0.717) is 12.5 Å². The Morgan fingerprint density at radius 3 is 2.38 bits per heavy atom. The minimum absolute atomic E-state index is 0.372. The fraction of sp³-hybridized carbons (Fsp3) is 0.643. The Kier molecular flexibility index (Phi) is 11.4. The Balaban J connectivity index is 1.43. The lowest BCUT2D eigenvalue weighted by molar-refractivity contribution is 0.275. The van der Waals surface area contributed by atoms with E-state index in [-0.39, 0.29) is 0 Å². The van der Waals surface area contributed by atoms with Crippen LogP contribution in [0.1, 0.15) is 102 Å². The molecule has 0 saturated heterocycles. The molecule has 1 heterocycles. The molecule has 4 nitrogen and oxygen atoms in total. The van der Waals surface area contributed by atoms with Crippen molar-refractivity contribution in [3.05, 3.63) is 48.5 Å². The van der Waals surface area contributed by atoms with E-state index in [1.165, 1.54) is 82.5 Å². The number of ether oxygens (including phenoxy) is 2. The summed E-state index contributed by atoms with van der Waals surface area (Å²) in [7, 11) is 0. The van der Waals surface area contributed by atoms with Crippen molar-refractivity contribution >= 4 is 0 Å². The summed E-state index contributed by atoms with van der Waals surface area (Å²) in [4.78, 5) is 8.10. The van der Waals surface area contributed by atoms with E-state index >= 15 is 0 Å². The molecule has 0 radical (unpaired) electrons. The van der Waals surface area contributed by atoms with Crippen molar-refractivity contribution < 1.29 is 9.47 Å². The third-order valence-electron chi connectivity index (χ3n) is 6.75. The fourth-order valence-electron chi connectivity index (χ4n) is 4.76. The molecular weight excluding hydrogens is 396 g/mol. The average Bonchev–Trinajstić information content (AvgIpc) is 2.85. The van der Waals surface area contributed by atoms with Crippen LogP contribution < -0.4 is 9.47 Å². The van der Waals surface area contributed by atoms with Gasteiger partial charge < -0.3 is 9.47 Å². The lowest BCUT2D eigenvalue weighted by atomic mass is 9.86. The Labute approximate surface area is 195 Å². The minimum Gasteiger partial charge on any atom is -0.494 e. The topological polar surface area (TPSA) is 44.2 Å². The summed E-state index contributed by atoms with van der Waals surface area (Å²) in [5.41, 5.74) is 1.32. The predicted octanol–water partition coefficient (Wildman–Crippen LogP) is 7.74. The van der Waals surface area contributed by atoms with Crippen LogP contribution in [0.2, 0.25) is 0 Å².